The summed E-state index contributed by atoms with van der Waals surface area (Å²) < 4.78 is 5.33. The van der Waals surface area contributed by atoms with Crippen LogP contribution in [0.1, 0.15) is 46.0 Å². The van der Waals surface area contributed by atoms with Crippen molar-refractivity contribution in [1.82, 2.24) is 4.90 Å². The van der Waals surface area contributed by atoms with Gasteiger partial charge in [0.2, 0.25) is 0 Å². The molecule has 1 fully saturated rings. The third-order valence-corrected chi connectivity index (χ3v) is 3.62. The Kier molecular flexibility index (Phi) is 4.90. The van der Waals surface area contributed by atoms with Gasteiger partial charge in [-0.3, -0.25) is 4.90 Å². The molecule has 0 spiro atoms. The number of nitrogens with zero attached hydrogens (tertiary/aromatic N) is 1. The Bertz CT molecular complexity index is 156. The van der Waals surface area contributed by atoms with Crippen LogP contribution in [0.25, 0.3) is 0 Å². The maximum atomic E-state index is 5.33. The van der Waals surface area contributed by atoms with Crippen molar-refractivity contribution >= 4 is 0 Å². The molecule has 0 N–H and O–H groups in total. The molecule has 0 saturated carbocycles. The molecule has 14 heavy (non-hydrogen) atoms. The summed E-state index contributed by atoms with van der Waals surface area (Å²) in [5.74, 6) is 0. The molecule has 1 unspecified atom stereocenters. The molecule has 0 aliphatic carbocycles. The van der Waals surface area contributed by atoms with E-state index < -0.39 is 0 Å². The van der Waals surface area contributed by atoms with E-state index in [2.05, 4.69) is 18.7 Å². The Hall–Kier alpha value is -0.0800. The van der Waals surface area contributed by atoms with Crippen LogP contribution in [-0.2, 0) is 4.74 Å². The van der Waals surface area contributed by atoms with Gasteiger partial charge in [0.15, 0.2) is 0 Å². The van der Waals surface area contributed by atoms with Crippen LogP contribution in [0.3, 0.4) is 0 Å². The maximum absolute atomic E-state index is 5.33. The Labute approximate surface area is 88.6 Å². The van der Waals surface area contributed by atoms with Crippen molar-refractivity contribution in [1.29, 1.82) is 0 Å². The van der Waals surface area contributed by atoms with Crippen LogP contribution in [-0.4, -0.2) is 37.2 Å². The summed E-state index contributed by atoms with van der Waals surface area (Å²) >= 11 is 0. The topological polar surface area (TPSA) is 12.5 Å². The molecule has 0 aromatic carbocycles. The highest BCUT2D eigenvalue weighted by atomic mass is 16.5. The van der Waals surface area contributed by atoms with E-state index in [0.29, 0.717) is 5.54 Å². The third-order valence-electron chi connectivity index (χ3n) is 3.62. The van der Waals surface area contributed by atoms with Crippen molar-refractivity contribution in [2.75, 3.05) is 26.8 Å². The van der Waals surface area contributed by atoms with E-state index in [9.17, 15) is 0 Å². The molecule has 0 radical (unpaired) electrons. The zero-order chi connectivity index (χ0) is 10.4. The largest absolute Gasteiger partial charge is 0.383 e. The van der Waals surface area contributed by atoms with Gasteiger partial charge in [-0.25, -0.2) is 0 Å². The monoisotopic (exact) mass is 199 g/mol. The average molecular weight is 199 g/mol. The van der Waals surface area contributed by atoms with Gasteiger partial charge in [-0.15, -0.1) is 0 Å². The molecule has 1 heterocycles. The number of likely N-dealkylation sites (tertiary alicyclic amines) is 1. The van der Waals surface area contributed by atoms with E-state index in [1.807, 2.05) is 7.11 Å². The number of ether oxygens (including phenoxy) is 1. The lowest BCUT2D eigenvalue weighted by atomic mass is 9.82. The van der Waals surface area contributed by atoms with Gasteiger partial charge in [0.25, 0.3) is 0 Å². The van der Waals surface area contributed by atoms with Gasteiger partial charge in [-0.1, -0.05) is 26.7 Å². The van der Waals surface area contributed by atoms with Crippen LogP contribution < -0.4 is 0 Å². The predicted octanol–water partition coefficient (Wildman–Crippen LogP) is 2.68. The van der Waals surface area contributed by atoms with Crippen LogP contribution >= 0.6 is 0 Å². The fourth-order valence-corrected chi connectivity index (χ4v) is 2.42. The van der Waals surface area contributed by atoms with Crippen LogP contribution in [0.4, 0.5) is 0 Å². The molecule has 1 saturated heterocycles. The van der Waals surface area contributed by atoms with Gasteiger partial charge in [-0.2, -0.15) is 0 Å². The Morgan fingerprint density at radius 2 is 2.07 bits per heavy atom. The zero-order valence-electron chi connectivity index (χ0n) is 10.0. The van der Waals surface area contributed by atoms with Crippen molar-refractivity contribution in [3.8, 4) is 0 Å². The molecular formula is C12H25NO. The number of methoxy groups -OCH3 is 1. The summed E-state index contributed by atoms with van der Waals surface area (Å²) in [6, 6.07) is 0. The van der Waals surface area contributed by atoms with E-state index in [1.165, 1.54) is 45.2 Å². The van der Waals surface area contributed by atoms with E-state index in [0.717, 1.165) is 6.61 Å². The second-order valence-electron chi connectivity index (χ2n) is 4.46. The lowest BCUT2D eigenvalue weighted by molar-refractivity contribution is -0.0680. The molecule has 2 heteroatoms. The van der Waals surface area contributed by atoms with Gasteiger partial charge >= 0.3 is 0 Å². The lowest BCUT2D eigenvalue weighted by Gasteiger charge is -2.52. The second kappa shape index (κ2) is 5.72. The van der Waals surface area contributed by atoms with Crippen molar-refractivity contribution in [3.63, 3.8) is 0 Å². The summed E-state index contributed by atoms with van der Waals surface area (Å²) in [6.45, 7) is 8.00. The minimum Gasteiger partial charge on any atom is -0.383 e. The molecule has 1 atom stereocenters. The highest BCUT2D eigenvalue weighted by molar-refractivity contribution is 4.98. The SMILES string of the molecule is CCCCCN1CCC1(CC)COC. The average Bonchev–Trinajstić information content (AvgIpc) is 2.19. The fourth-order valence-electron chi connectivity index (χ4n) is 2.42. The molecule has 84 valence electrons. The van der Waals surface area contributed by atoms with Crippen molar-refractivity contribution in [3.05, 3.63) is 0 Å². The lowest BCUT2D eigenvalue weighted by Crippen LogP contribution is -2.62. The normalized spacial score (nSPS) is 27.6. The minimum atomic E-state index is 0.391. The van der Waals surface area contributed by atoms with E-state index in [4.69, 9.17) is 4.74 Å². The Balaban J connectivity index is 2.30. The number of rotatable bonds is 7. The van der Waals surface area contributed by atoms with E-state index in [-0.39, 0.29) is 0 Å². The molecular weight excluding hydrogens is 174 g/mol. The Morgan fingerprint density at radius 1 is 1.29 bits per heavy atom. The summed E-state index contributed by atoms with van der Waals surface area (Å²) in [5.41, 5.74) is 0.391. The maximum Gasteiger partial charge on any atom is 0.0647 e. The molecule has 2 nitrogen and oxygen atoms in total. The molecule has 1 aliphatic rings. The van der Waals surface area contributed by atoms with Crippen LogP contribution in [0.5, 0.6) is 0 Å². The predicted molar refractivity (Wildman–Crippen MR) is 60.6 cm³/mol. The summed E-state index contributed by atoms with van der Waals surface area (Å²) in [4.78, 5) is 2.62. The van der Waals surface area contributed by atoms with Gasteiger partial charge in [0.05, 0.1) is 6.61 Å². The van der Waals surface area contributed by atoms with Crippen molar-refractivity contribution in [2.24, 2.45) is 0 Å². The van der Waals surface area contributed by atoms with Gasteiger partial charge in [0, 0.05) is 19.2 Å². The third kappa shape index (κ3) is 2.48. The minimum absolute atomic E-state index is 0.391. The second-order valence-corrected chi connectivity index (χ2v) is 4.46. The van der Waals surface area contributed by atoms with Gasteiger partial charge in [0.1, 0.15) is 0 Å². The number of hydrogen-bond acceptors (Lipinski definition) is 2. The molecule has 0 aromatic heterocycles. The van der Waals surface area contributed by atoms with E-state index in [1.54, 1.807) is 0 Å². The van der Waals surface area contributed by atoms with Crippen LogP contribution in [0.15, 0.2) is 0 Å². The highest BCUT2D eigenvalue weighted by Crippen LogP contribution is 2.34. The summed E-state index contributed by atoms with van der Waals surface area (Å²) in [5, 5.41) is 0. The molecule has 1 rings (SSSR count). The van der Waals surface area contributed by atoms with Gasteiger partial charge < -0.3 is 4.74 Å². The van der Waals surface area contributed by atoms with Crippen LogP contribution in [0.2, 0.25) is 0 Å². The standard InChI is InChI=1S/C12H25NO/c1-4-6-7-9-13-10-8-12(13,5-2)11-14-3/h4-11H2,1-3H3. The first-order chi connectivity index (χ1) is 6.79. The molecule has 0 aromatic rings. The summed E-state index contributed by atoms with van der Waals surface area (Å²) in [7, 11) is 1.82. The number of unbranched alkanes of at least 4 members (excludes halogenated alkanes) is 2. The highest BCUT2D eigenvalue weighted by Gasteiger charge is 2.42. The fraction of sp³-hybridized carbons (Fsp3) is 1.00. The quantitative estimate of drug-likeness (QED) is 0.584. The first-order valence-electron chi connectivity index (χ1n) is 6.03. The van der Waals surface area contributed by atoms with E-state index >= 15 is 0 Å². The van der Waals surface area contributed by atoms with Crippen molar-refractivity contribution in [2.45, 2.75) is 51.5 Å². The number of hydrogen-bond donors (Lipinski definition) is 0. The van der Waals surface area contributed by atoms with Crippen LogP contribution in [0, 0.1) is 0 Å². The first kappa shape index (κ1) is 12.0. The first-order valence-corrected chi connectivity index (χ1v) is 6.03. The molecule has 0 amide bonds. The zero-order valence-corrected chi connectivity index (χ0v) is 10.0. The molecule has 0 bridgehead atoms. The van der Waals surface area contributed by atoms with Crippen molar-refractivity contribution < 1.29 is 4.74 Å². The summed E-state index contributed by atoms with van der Waals surface area (Å²) in [6.07, 6.45) is 6.58. The smallest absolute Gasteiger partial charge is 0.0647 e. The Morgan fingerprint density at radius 3 is 2.50 bits per heavy atom. The van der Waals surface area contributed by atoms with Gasteiger partial charge in [-0.05, 0) is 25.8 Å². The molecule has 1 aliphatic heterocycles.